The van der Waals surface area contributed by atoms with E-state index in [-0.39, 0.29) is 24.4 Å². The lowest BCUT2D eigenvalue weighted by Gasteiger charge is -2.15. The highest BCUT2D eigenvalue weighted by Gasteiger charge is 2.25. The summed E-state index contributed by atoms with van der Waals surface area (Å²) in [4.78, 5) is 21.1. The van der Waals surface area contributed by atoms with Crippen molar-refractivity contribution in [2.75, 3.05) is 6.54 Å². The van der Waals surface area contributed by atoms with Crippen LogP contribution in [0.5, 0.6) is 5.75 Å². The van der Waals surface area contributed by atoms with Gasteiger partial charge in [0.05, 0.1) is 9.40 Å². The Labute approximate surface area is 111 Å². The fraction of sp³-hybridized carbons (Fsp3) is 0.300. The Kier molecular flexibility index (Phi) is 5.05. The smallest absolute Gasteiger partial charge is 0.344 e. The van der Waals surface area contributed by atoms with Crippen LogP contribution in [0, 0.1) is 10.1 Å². The van der Waals surface area contributed by atoms with Crippen molar-refractivity contribution >= 4 is 27.6 Å². The first-order valence-corrected chi connectivity index (χ1v) is 5.79. The van der Waals surface area contributed by atoms with Gasteiger partial charge in [0, 0.05) is 12.5 Å². The van der Waals surface area contributed by atoms with Gasteiger partial charge >= 0.3 is 11.7 Å². The molecule has 98 valence electrons. The molecule has 0 saturated heterocycles. The topological polar surface area (TPSA) is 116 Å². The van der Waals surface area contributed by atoms with Gasteiger partial charge in [0.15, 0.2) is 6.10 Å². The Morgan fingerprint density at radius 3 is 2.78 bits per heavy atom. The minimum atomic E-state index is -1.22. The normalized spacial score (nSPS) is 11.9. The van der Waals surface area contributed by atoms with Crippen molar-refractivity contribution in [2.24, 2.45) is 5.73 Å². The van der Waals surface area contributed by atoms with Crippen LogP contribution in [-0.4, -0.2) is 28.6 Å². The van der Waals surface area contributed by atoms with Crippen molar-refractivity contribution in [3.05, 3.63) is 32.8 Å². The van der Waals surface area contributed by atoms with Crippen LogP contribution in [-0.2, 0) is 4.79 Å². The number of carboxylic acids is 1. The third-order valence-corrected chi connectivity index (χ3v) is 2.73. The Balaban J connectivity index is 3.08. The van der Waals surface area contributed by atoms with E-state index in [1.807, 2.05) is 0 Å². The minimum absolute atomic E-state index is 0.0633. The molecule has 0 saturated carbocycles. The summed E-state index contributed by atoms with van der Waals surface area (Å²) in [6, 6.07) is 4.24. The zero-order valence-corrected chi connectivity index (χ0v) is 10.8. The first kappa shape index (κ1) is 14.4. The third-order valence-electron chi connectivity index (χ3n) is 2.11. The van der Waals surface area contributed by atoms with Gasteiger partial charge in [0.2, 0.25) is 5.75 Å². The molecule has 18 heavy (non-hydrogen) atoms. The average Bonchev–Trinajstić information content (AvgIpc) is 2.30. The molecular weight excluding hydrogens is 308 g/mol. The Morgan fingerprint density at radius 2 is 2.28 bits per heavy atom. The van der Waals surface area contributed by atoms with E-state index < -0.39 is 17.0 Å². The molecule has 0 spiro atoms. The summed E-state index contributed by atoms with van der Waals surface area (Å²) in [7, 11) is 0. The van der Waals surface area contributed by atoms with Crippen molar-refractivity contribution in [2.45, 2.75) is 12.5 Å². The van der Waals surface area contributed by atoms with Crippen LogP contribution in [0.2, 0.25) is 0 Å². The van der Waals surface area contributed by atoms with Crippen LogP contribution in [0.25, 0.3) is 0 Å². The number of ether oxygens (including phenoxy) is 1. The quantitative estimate of drug-likeness (QED) is 0.607. The summed E-state index contributed by atoms with van der Waals surface area (Å²) in [5.41, 5.74) is 4.97. The molecule has 1 atom stereocenters. The van der Waals surface area contributed by atoms with Crippen molar-refractivity contribution < 1.29 is 19.6 Å². The SMILES string of the molecule is NCCC(Oc1c(Br)cccc1[N+](=O)[O-])C(=O)O. The molecule has 0 aromatic heterocycles. The number of nitro benzene ring substituents is 1. The minimum Gasteiger partial charge on any atom is -0.479 e. The molecule has 1 aromatic carbocycles. The maximum absolute atomic E-state index is 10.9. The van der Waals surface area contributed by atoms with E-state index in [0.717, 1.165) is 0 Å². The number of nitrogens with two attached hydrogens (primary N) is 1. The summed E-state index contributed by atoms with van der Waals surface area (Å²) in [5.74, 6) is -1.33. The molecule has 0 aliphatic rings. The summed E-state index contributed by atoms with van der Waals surface area (Å²) in [5, 5.41) is 19.7. The molecule has 3 N–H and O–H groups in total. The number of rotatable bonds is 6. The number of carbonyl (C=O) groups is 1. The number of para-hydroxylation sites is 1. The highest BCUT2D eigenvalue weighted by Crippen LogP contribution is 2.35. The maximum Gasteiger partial charge on any atom is 0.344 e. The highest BCUT2D eigenvalue weighted by molar-refractivity contribution is 9.10. The zero-order chi connectivity index (χ0) is 13.7. The Hall–Kier alpha value is -1.67. The predicted octanol–water partition coefficient (Wildman–Crippen LogP) is 1.54. The molecule has 0 radical (unpaired) electrons. The maximum atomic E-state index is 10.9. The average molecular weight is 319 g/mol. The second-order valence-corrected chi connectivity index (χ2v) is 4.22. The second kappa shape index (κ2) is 6.31. The van der Waals surface area contributed by atoms with Crippen LogP contribution in [0.4, 0.5) is 5.69 Å². The molecule has 8 heteroatoms. The van der Waals surface area contributed by atoms with E-state index in [1.165, 1.54) is 18.2 Å². The molecule has 0 heterocycles. The van der Waals surface area contributed by atoms with Crippen LogP contribution >= 0.6 is 15.9 Å². The summed E-state index contributed by atoms with van der Waals surface area (Å²) < 4.78 is 5.49. The highest BCUT2D eigenvalue weighted by atomic mass is 79.9. The van der Waals surface area contributed by atoms with Crippen LogP contribution < -0.4 is 10.5 Å². The van der Waals surface area contributed by atoms with E-state index in [0.29, 0.717) is 4.47 Å². The predicted molar refractivity (Wildman–Crippen MR) is 66.5 cm³/mol. The van der Waals surface area contributed by atoms with Crippen molar-refractivity contribution in [3.63, 3.8) is 0 Å². The van der Waals surface area contributed by atoms with Crippen molar-refractivity contribution in [3.8, 4) is 5.75 Å². The van der Waals surface area contributed by atoms with Gasteiger partial charge in [-0.05, 0) is 28.5 Å². The lowest BCUT2D eigenvalue weighted by atomic mass is 10.2. The monoisotopic (exact) mass is 318 g/mol. The van der Waals surface area contributed by atoms with Gasteiger partial charge in [0.1, 0.15) is 0 Å². The molecule has 1 rings (SSSR count). The second-order valence-electron chi connectivity index (χ2n) is 3.37. The zero-order valence-electron chi connectivity index (χ0n) is 9.21. The van der Waals surface area contributed by atoms with Crippen LogP contribution in [0.1, 0.15) is 6.42 Å². The van der Waals surface area contributed by atoms with Crippen LogP contribution in [0.3, 0.4) is 0 Å². The molecule has 1 unspecified atom stereocenters. The number of hydrogen-bond donors (Lipinski definition) is 2. The van der Waals surface area contributed by atoms with Gasteiger partial charge < -0.3 is 15.6 Å². The van der Waals surface area contributed by atoms with Gasteiger partial charge in [-0.2, -0.15) is 0 Å². The van der Waals surface area contributed by atoms with Gasteiger partial charge in [-0.1, -0.05) is 6.07 Å². The van der Waals surface area contributed by atoms with Gasteiger partial charge in [-0.3, -0.25) is 10.1 Å². The summed E-state index contributed by atoms with van der Waals surface area (Å²) >= 11 is 3.09. The molecule has 0 fully saturated rings. The summed E-state index contributed by atoms with van der Waals surface area (Å²) in [6.45, 7) is 0.106. The van der Waals surface area contributed by atoms with E-state index in [1.54, 1.807) is 0 Å². The van der Waals surface area contributed by atoms with E-state index in [2.05, 4.69) is 15.9 Å². The molecule has 0 bridgehead atoms. The Morgan fingerprint density at radius 1 is 1.61 bits per heavy atom. The molecule has 1 aromatic rings. The number of nitrogens with zero attached hydrogens (tertiary/aromatic N) is 1. The number of nitro groups is 1. The molecule has 0 amide bonds. The number of halogens is 1. The van der Waals surface area contributed by atoms with E-state index >= 15 is 0 Å². The van der Waals surface area contributed by atoms with Crippen molar-refractivity contribution in [1.82, 2.24) is 0 Å². The standard InChI is InChI=1S/C10H11BrN2O5/c11-6-2-1-3-7(13(16)17)9(6)18-8(4-5-12)10(14)15/h1-3,8H,4-5,12H2,(H,14,15). The molecular formula is C10H11BrN2O5. The summed E-state index contributed by atoms with van der Waals surface area (Å²) in [6.07, 6.45) is -1.15. The molecule has 0 aliphatic carbocycles. The number of hydrogen-bond acceptors (Lipinski definition) is 5. The number of carboxylic acid groups (broad SMARTS) is 1. The Bertz CT molecular complexity index is 466. The fourth-order valence-electron chi connectivity index (χ4n) is 1.28. The molecule has 7 nitrogen and oxygen atoms in total. The van der Waals surface area contributed by atoms with Gasteiger partial charge in [-0.15, -0.1) is 0 Å². The van der Waals surface area contributed by atoms with E-state index in [4.69, 9.17) is 15.6 Å². The lowest BCUT2D eigenvalue weighted by molar-refractivity contribution is -0.386. The first-order chi connectivity index (χ1) is 8.47. The first-order valence-electron chi connectivity index (χ1n) is 4.99. The lowest BCUT2D eigenvalue weighted by Crippen LogP contribution is -2.30. The van der Waals surface area contributed by atoms with Gasteiger partial charge in [-0.25, -0.2) is 4.79 Å². The van der Waals surface area contributed by atoms with E-state index in [9.17, 15) is 14.9 Å². The third kappa shape index (κ3) is 3.41. The number of aliphatic carboxylic acids is 1. The van der Waals surface area contributed by atoms with Crippen molar-refractivity contribution in [1.29, 1.82) is 0 Å². The van der Waals surface area contributed by atoms with Crippen LogP contribution in [0.15, 0.2) is 22.7 Å². The molecule has 0 aliphatic heterocycles. The van der Waals surface area contributed by atoms with Gasteiger partial charge in [0.25, 0.3) is 0 Å². The number of benzene rings is 1. The fourth-order valence-corrected chi connectivity index (χ4v) is 1.73. The largest absolute Gasteiger partial charge is 0.479 e.